The molecule has 9 heteroatoms. The van der Waals surface area contributed by atoms with Crippen molar-refractivity contribution in [1.29, 1.82) is 0 Å². The fourth-order valence-electron chi connectivity index (χ4n) is 3.78. The molecule has 1 aliphatic rings. The van der Waals surface area contributed by atoms with Crippen LogP contribution in [0.3, 0.4) is 0 Å². The number of aromatic nitrogens is 3. The minimum atomic E-state index is -0.997. The van der Waals surface area contributed by atoms with Crippen LogP contribution in [-0.2, 0) is 5.41 Å². The molecule has 0 saturated heterocycles. The summed E-state index contributed by atoms with van der Waals surface area (Å²) in [5.74, 6) is -0.314. The van der Waals surface area contributed by atoms with Crippen LogP contribution in [0.15, 0.2) is 47.3 Å². The van der Waals surface area contributed by atoms with E-state index in [-0.39, 0.29) is 36.6 Å². The highest BCUT2D eigenvalue weighted by molar-refractivity contribution is 9.10. The first kappa shape index (κ1) is 20.6. The Morgan fingerprint density at radius 3 is 2.50 bits per heavy atom. The molecule has 1 aromatic carbocycles. The van der Waals surface area contributed by atoms with Crippen LogP contribution in [0.5, 0.6) is 5.75 Å². The van der Waals surface area contributed by atoms with Gasteiger partial charge >= 0.3 is 0 Å². The van der Waals surface area contributed by atoms with Gasteiger partial charge in [-0.15, -0.1) is 0 Å². The number of alkyl halides is 1. The van der Waals surface area contributed by atoms with E-state index in [0.717, 1.165) is 0 Å². The van der Waals surface area contributed by atoms with E-state index in [4.69, 9.17) is 4.74 Å². The summed E-state index contributed by atoms with van der Waals surface area (Å²) in [6, 6.07) is 5.70. The average molecular weight is 479 g/mol. The summed E-state index contributed by atoms with van der Waals surface area (Å²) in [7, 11) is 1.45. The van der Waals surface area contributed by atoms with E-state index >= 15 is 0 Å². The lowest BCUT2D eigenvalue weighted by Gasteiger charge is -2.43. The number of anilines is 1. The topological polar surface area (TPSA) is 59.9 Å². The standard InChI is InChI=1S/C21H18BrF3N4O/c1-30-18-14(22)4-5-15(24)17(18)12-9-27-20(28-10-12)29-11-21(7-13(23)8-21)19-16(25)3-2-6-26-19/h2-6,9-10,13H,7-8,11H2,1H3,(H,27,28,29). The Labute approximate surface area is 179 Å². The van der Waals surface area contributed by atoms with E-state index in [9.17, 15) is 13.2 Å². The van der Waals surface area contributed by atoms with Gasteiger partial charge in [0.25, 0.3) is 0 Å². The van der Waals surface area contributed by atoms with E-state index < -0.39 is 23.2 Å². The molecule has 2 aromatic heterocycles. The molecule has 5 nitrogen and oxygen atoms in total. The number of benzene rings is 1. The molecule has 4 rings (SSSR count). The molecule has 2 heterocycles. The molecule has 0 aliphatic heterocycles. The fourth-order valence-corrected chi connectivity index (χ4v) is 4.28. The van der Waals surface area contributed by atoms with Crippen LogP contribution in [-0.4, -0.2) is 34.8 Å². The molecule has 0 radical (unpaired) electrons. The van der Waals surface area contributed by atoms with Crippen LogP contribution >= 0.6 is 15.9 Å². The molecule has 156 valence electrons. The number of nitrogens with zero attached hydrogens (tertiary/aromatic N) is 3. The van der Waals surface area contributed by atoms with Crippen LogP contribution in [0.4, 0.5) is 19.1 Å². The van der Waals surface area contributed by atoms with Gasteiger partial charge in [-0.3, -0.25) is 4.98 Å². The second-order valence-electron chi connectivity index (χ2n) is 7.21. The second-order valence-corrected chi connectivity index (χ2v) is 8.06. The number of hydrogen-bond donors (Lipinski definition) is 1. The zero-order valence-corrected chi connectivity index (χ0v) is 17.6. The minimum Gasteiger partial charge on any atom is -0.495 e. The van der Waals surface area contributed by atoms with E-state index in [0.29, 0.717) is 15.8 Å². The third-order valence-electron chi connectivity index (χ3n) is 5.27. The molecule has 0 bridgehead atoms. The SMILES string of the molecule is COc1c(Br)ccc(F)c1-c1cnc(NCC2(c3ncccc3F)CC(F)C2)nc1. The summed E-state index contributed by atoms with van der Waals surface area (Å²) in [5.41, 5.74) is 0.162. The van der Waals surface area contributed by atoms with E-state index in [1.807, 2.05) is 0 Å². The van der Waals surface area contributed by atoms with Gasteiger partial charge < -0.3 is 10.1 Å². The largest absolute Gasteiger partial charge is 0.495 e. The predicted octanol–water partition coefficient (Wildman–Crippen LogP) is 5.07. The number of nitrogens with one attached hydrogen (secondary N) is 1. The van der Waals surface area contributed by atoms with E-state index in [1.165, 1.54) is 43.9 Å². The first-order chi connectivity index (χ1) is 14.4. The van der Waals surface area contributed by atoms with Gasteiger partial charge in [-0.05, 0) is 53.0 Å². The fraction of sp³-hybridized carbons (Fsp3) is 0.286. The molecule has 0 atom stereocenters. The molecule has 0 spiro atoms. The highest BCUT2D eigenvalue weighted by atomic mass is 79.9. The monoisotopic (exact) mass is 478 g/mol. The molecule has 1 fully saturated rings. The molecular weight excluding hydrogens is 461 g/mol. The van der Waals surface area contributed by atoms with Crippen LogP contribution in [0, 0.1) is 11.6 Å². The normalized spacial score (nSPS) is 20.5. The van der Waals surface area contributed by atoms with Crippen molar-refractivity contribution in [2.24, 2.45) is 0 Å². The number of halogens is 4. The van der Waals surface area contributed by atoms with E-state index in [2.05, 4.69) is 36.2 Å². The van der Waals surface area contributed by atoms with Crippen molar-refractivity contribution in [3.63, 3.8) is 0 Å². The van der Waals surface area contributed by atoms with Crippen LogP contribution < -0.4 is 10.1 Å². The first-order valence-electron chi connectivity index (χ1n) is 9.27. The van der Waals surface area contributed by atoms with Crippen molar-refractivity contribution < 1.29 is 17.9 Å². The summed E-state index contributed by atoms with van der Waals surface area (Å²) >= 11 is 3.34. The Hall–Kier alpha value is -2.68. The van der Waals surface area contributed by atoms with Gasteiger partial charge in [0.2, 0.25) is 5.95 Å². The van der Waals surface area contributed by atoms with Gasteiger partial charge in [-0.2, -0.15) is 0 Å². The zero-order chi connectivity index (χ0) is 21.3. The van der Waals surface area contributed by atoms with Gasteiger partial charge in [-0.1, -0.05) is 0 Å². The Morgan fingerprint density at radius 2 is 1.87 bits per heavy atom. The summed E-state index contributed by atoms with van der Waals surface area (Å²) in [6.07, 6.45) is 3.78. The smallest absolute Gasteiger partial charge is 0.222 e. The van der Waals surface area contributed by atoms with Gasteiger partial charge in [0.15, 0.2) is 0 Å². The Balaban J connectivity index is 1.55. The number of ether oxygens (including phenoxy) is 1. The molecule has 1 aliphatic carbocycles. The number of rotatable bonds is 6. The second kappa shape index (κ2) is 8.22. The van der Waals surface area contributed by atoms with Crippen molar-refractivity contribution in [3.05, 3.63) is 64.7 Å². The molecule has 1 N–H and O–H groups in total. The van der Waals surface area contributed by atoms with Gasteiger partial charge in [0, 0.05) is 36.1 Å². The molecule has 1 saturated carbocycles. The van der Waals surface area contributed by atoms with E-state index in [1.54, 1.807) is 6.07 Å². The van der Waals surface area contributed by atoms with Gasteiger partial charge in [-0.25, -0.2) is 23.1 Å². The predicted molar refractivity (Wildman–Crippen MR) is 110 cm³/mol. The average Bonchev–Trinajstić information content (AvgIpc) is 2.72. The van der Waals surface area contributed by atoms with Gasteiger partial charge in [0.1, 0.15) is 23.6 Å². The lowest BCUT2D eigenvalue weighted by molar-refractivity contribution is 0.0963. The quantitative estimate of drug-likeness (QED) is 0.535. The van der Waals surface area contributed by atoms with Crippen LogP contribution in [0.2, 0.25) is 0 Å². The first-order valence-corrected chi connectivity index (χ1v) is 10.1. The lowest BCUT2D eigenvalue weighted by Crippen LogP contribution is -2.49. The third-order valence-corrected chi connectivity index (χ3v) is 5.90. The lowest BCUT2D eigenvalue weighted by atomic mass is 9.65. The Morgan fingerprint density at radius 1 is 1.13 bits per heavy atom. The summed E-state index contributed by atoms with van der Waals surface area (Å²) in [5, 5.41) is 3.04. The molecular formula is C21H18BrF3N4O. The third kappa shape index (κ3) is 3.74. The minimum absolute atomic E-state index is 0.173. The Bertz CT molecular complexity index is 1060. The summed E-state index contributed by atoms with van der Waals surface area (Å²) < 4.78 is 48.2. The highest BCUT2D eigenvalue weighted by Crippen LogP contribution is 2.45. The molecule has 30 heavy (non-hydrogen) atoms. The van der Waals surface area contributed by atoms with Crippen molar-refractivity contribution in [2.75, 3.05) is 19.0 Å². The molecule has 0 amide bonds. The number of methoxy groups -OCH3 is 1. The zero-order valence-electron chi connectivity index (χ0n) is 16.0. The number of hydrogen-bond acceptors (Lipinski definition) is 5. The maximum atomic E-state index is 14.4. The van der Waals surface area contributed by atoms with Crippen LogP contribution in [0.25, 0.3) is 11.1 Å². The van der Waals surface area contributed by atoms with Gasteiger partial charge in [0.05, 0.1) is 22.8 Å². The van der Waals surface area contributed by atoms with Crippen LogP contribution in [0.1, 0.15) is 18.5 Å². The summed E-state index contributed by atoms with van der Waals surface area (Å²) in [6.45, 7) is 0.231. The molecule has 0 unspecified atom stereocenters. The highest BCUT2D eigenvalue weighted by Gasteiger charge is 2.48. The number of pyridine rings is 1. The maximum Gasteiger partial charge on any atom is 0.222 e. The maximum absolute atomic E-state index is 14.4. The Kier molecular flexibility index (Phi) is 5.64. The molecule has 3 aromatic rings. The van der Waals surface area contributed by atoms with Crippen molar-refractivity contribution in [2.45, 2.75) is 24.4 Å². The van der Waals surface area contributed by atoms with Crippen molar-refractivity contribution in [3.8, 4) is 16.9 Å². The summed E-state index contributed by atoms with van der Waals surface area (Å²) in [4.78, 5) is 12.6. The van der Waals surface area contributed by atoms with Crippen molar-refractivity contribution >= 4 is 21.9 Å². The van der Waals surface area contributed by atoms with Crippen molar-refractivity contribution in [1.82, 2.24) is 15.0 Å².